The number of carbonyl (C=O) groups is 3. The number of barbiturate groups is 1. The van der Waals surface area contributed by atoms with E-state index in [0.717, 1.165) is 4.90 Å². The van der Waals surface area contributed by atoms with Crippen molar-refractivity contribution in [1.29, 1.82) is 0 Å². The Labute approximate surface area is 159 Å². The second kappa shape index (κ2) is 6.81. The molecule has 0 saturated carbocycles. The highest BCUT2D eigenvalue weighted by Gasteiger charge is 2.36. The molecule has 2 N–H and O–H groups in total. The highest BCUT2D eigenvalue weighted by atomic mass is 79.9. The van der Waals surface area contributed by atoms with Crippen molar-refractivity contribution in [3.63, 3.8) is 0 Å². The zero-order valence-electron chi connectivity index (χ0n) is 12.5. The van der Waals surface area contributed by atoms with Crippen LogP contribution < -0.4 is 10.2 Å². The van der Waals surface area contributed by atoms with Gasteiger partial charge in [0.2, 0.25) is 0 Å². The molecule has 0 spiro atoms. The van der Waals surface area contributed by atoms with Crippen molar-refractivity contribution in [2.24, 2.45) is 0 Å². The predicted molar refractivity (Wildman–Crippen MR) is 99.0 cm³/mol. The van der Waals surface area contributed by atoms with Crippen LogP contribution in [0.4, 0.5) is 10.5 Å². The van der Waals surface area contributed by atoms with Gasteiger partial charge >= 0.3 is 6.03 Å². The quantitative estimate of drug-likeness (QED) is 0.524. The third kappa shape index (κ3) is 3.49. The molecule has 2 aromatic rings. The molecular formula is C17H10Br2N2O4. The van der Waals surface area contributed by atoms with Crippen LogP contribution >= 0.6 is 31.9 Å². The third-order valence-corrected chi connectivity index (χ3v) is 4.58. The Morgan fingerprint density at radius 3 is 2.48 bits per heavy atom. The average molecular weight is 466 g/mol. The smallest absolute Gasteiger partial charge is 0.335 e. The largest absolute Gasteiger partial charge is 0.507 e. The fourth-order valence-corrected chi connectivity index (χ4v) is 3.07. The maximum atomic E-state index is 12.7. The molecule has 1 aliphatic rings. The van der Waals surface area contributed by atoms with Gasteiger partial charge in [-0.1, -0.05) is 28.1 Å². The Kier molecular flexibility index (Phi) is 4.73. The van der Waals surface area contributed by atoms with Crippen LogP contribution in [0.25, 0.3) is 6.08 Å². The van der Waals surface area contributed by atoms with Gasteiger partial charge in [-0.2, -0.15) is 0 Å². The lowest BCUT2D eigenvalue weighted by Gasteiger charge is -2.26. The van der Waals surface area contributed by atoms with Crippen LogP contribution in [0.1, 0.15) is 5.56 Å². The second-order valence-electron chi connectivity index (χ2n) is 5.15. The fraction of sp³-hybridized carbons (Fsp3) is 0. The molecule has 1 fully saturated rings. The van der Waals surface area contributed by atoms with Gasteiger partial charge in [0.05, 0.1) is 10.2 Å². The number of phenolic OH excluding ortho intramolecular Hbond substituents is 1. The molecule has 0 aromatic heterocycles. The summed E-state index contributed by atoms with van der Waals surface area (Å²) in [7, 11) is 0. The molecule has 0 unspecified atom stereocenters. The molecule has 126 valence electrons. The zero-order valence-corrected chi connectivity index (χ0v) is 15.7. The van der Waals surface area contributed by atoms with Gasteiger partial charge < -0.3 is 5.11 Å². The Morgan fingerprint density at radius 1 is 1.04 bits per heavy atom. The molecule has 0 aliphatic carbocycles. The predicted octanol–water partition coefficient (Wildman–Crippen LogP) is 3.58. The minimum atomic E-state index is -0.808. The van der Waals surface area contributed by atoms with Gasteiger partial charge in [0.15, 0.2) is 0 Å². The van der Waals surface area contributed by atoms with Crippen molar-refractivity contribution >= 4 is 61.5 Å². The van der Waals surface area contributed by atoms with E-state index in [9.17, 15) is 19.5 Å². The number of amides is 4. The molecule has 4 amide bonds. The molecule has 2 aromatic carbocycles. The summed E-state index contributed by atoms with van der Waals surface area (Å²) in [6.45, 7) is 0. The van der Waals surface area contributed by atoms with Crippen molar-refractivity contribution < 1.29 is 19.5 Å². The number of carbonyl (C=O) groups excluding carboxylic acids is 3. The highest BCUT2D eigenvalue weighted by molar-refractivity contribution is 9.10. The van der Waals surface area contributed by atoms with Crippen molar-refractivity contribution in [2.45, 2.75) is 0 Å². The lowest BCUT2D eigenvalue weighted by Crippen LogP contribution is -2.54. The molecule has 1 heterocycles. The summed E-state index contributed by atoms with van der Waals surface area (Å²) in [5.74, 6) is -1.46. The van der Waals surface area contributed by atoms with E-state index in [2.05, 4.69) is 37.2 Å². The summed E-state index contributed by atoms with van der Waals surface area (Å²) in [5.41, 5.74) is 0.672. The SMILES string of the molecule is O=C1NC(=O)N(c2cccc(Br)c2)C(=O)/C1=C\c1ccc(O)c(Br)c1. The molecule has 0 bridgehead atoms. The second-order valence-corrected chi connectivity index (χ2v) is 6.92. The van der Waals surface area contributed by atoms with Gasteiger partial charge in [-0.25, -0.2) is 9.69 Å². The lowest BCUT2D eigenvalue weighted by atomic mass is 10.1. The first-order chi connectivity index (χ1) is 11.9. The molecule has 8 heteroatoms. The van der Waals surface area contributed by atoms with Crippen LogP contribution in [0, 0.1) is 0 Å². The lowest BCUT2D eigenvalue weighted by molar-refractivity contribution is -0.122. The number of nitrogens with zero attached hydrogens (tertiary/aromatic N) is 1. The van der Waals surface area contributed by atoms with Crippen LogP contribution in [0.5, 0.6) is 5.75 Å². The number of hydrogen-bond acceptors (Lipinski definition) is 4. The number of urea groups is 1. The fourth-order valence-electron chi connectivity index (χ4n) is 2.29. The number of hydrogen-bond donors (Lipinski definition) is 2. The van der Waals surface area contributed by atoms with E-state index in [-0.39, 0.29) is 11.3 Å². The summed E-state index contributed by atoms with van der Waals surface area (Å²) in [6.07, 6.45) is 1.36. The number of nitrogens with one attached hydrogen (secondary N) is 1. The van der Waals surface area contributed by atoms with Gasteiger partial charge in [0.1, 0.15) is 11.3 Å². The Balaban J connectivity index is 2.03. The minimum absolute atomic E-state index is 0.0347. The Hall–Kier alpha value is -2.45. The van der Waals surface area contributed by atoms with E-state index in [1.165, 1.54) is 12.1 Å². The van der Waals surface area contributed by atoms with Crippen LogP contribution in [0.15, 0.2) is 57.0 Å². The number of halogens is 2. The molecular weight excluding hydrogens is 456 g/mol. The first-order valence-corrected chi connectivity index (χ1v) is 8.61. The first kappa shape index (κ1) is 17.4. The van der Waals surface area contributed by atoms with E-state index in [0.29, 0.717) is 20.2 Å². The summed E-state index contributed by atoms with van der Waals surface area (Å²) in [5, 5.41) is 11.7. The zero-order chi connectivity index (χ0) is 18.1. The van der Waals surface area contributed by atoms with E-state index in [1.807, 2.05) is 0 Å². The molecule has 25 heavy (non-hydrogen) atoms. The third-order valence-electron chi connectivity index (χ3n) is 3.45. The van der Waals surface area contributed by atoms with E-state index < -0.39 is 17.8 Å². The normalized spacial score (nSPS) is 16.3. The number of phenols is 1. The summed E-state index contributed by atoms with van der Waals surface area (Å²) in [4.78, 5) is 37.8. The maximum Gasteiger partial charge on any atom is 0.335 e. The van der Waals surface area contributed by atoms with Gasteiger partial charge in [-0.15, -0.1) is 0 Å². The monoisotopic (exact) mass is 464 g/mol. The summed E-state index contributed by atoms with van der Waals surface area (Å²) < 4.78 is 1.11. The van der Waals surface area contributed by atoms with Crippen LogP contribution in [-0.2, 0) is 9.59 Å². The molecule has 1 saturated heterocycles. The average Bonchev–Trinajstić information content (AvgIpc) is 2.54. The molecule has 3 rings (SSSR count). The van der Waals surface area contributed by atoms with E-state index in [4.69, 9.17) is 0 Å². The van der Waals surface area contributed by atoms with Crippen LogP contribution in [0.2, 0.25) is 0 Å². The van der Waals surface area contributed by atoms with Gasteiger partial charge in [0.25, 0.3) is 11.8 Å². The topological polar surface area (TPSA) is 86.7 Å². The van der Waals surface area contributed by atoms with Crippen molar-refractivity contribution in [3.8, 4) is 5.75 Å². The summed E-state index contributed by atoms with van der Waals surface area (Å²) in [6, 6.07) is 10.4. The molecule has 6 nitrogen and oxygen atoms in total. The first-order valence-electron chi connectivity index (χ1n) is 7.02. The number of anilines is 1. The van der Waals surface area contributed by atoms with Crippen LogP contribution in [0.3, 0.4) is 0 Å². The maximum absolute atomic E-state index is 12.7. The van der Waals surface area contributed by atoms with E-state index in [1.54, 1.807) is 36.4 Å². The standard InChI is InChI=1S/C17H10Br2N2O4/c18-10-2-1-3-11(8-10)21-16(24)12(15(23)20-17(21)25)6-9-4-5-14(22)13(19)7-9/h1-8,22H,(H,20,23,25)/b12-6-. The van der Waals surface area contributed by atoms with Gasteiger partial charge in [0, 0.05) is 4.47 Å². The minimum Gasteiger partial charge on any atom is -0.507 e. The number of aromatic hydroxyl groups is 1. The molecule has 1 aliphatic heterocycles. The number of rotatable bonds is 2. The number of imide groups is 2. The van der Waals surface area contributed by atoms with Crippen molar-refractivity contribution in [3.05, 3.63) is 62.5 Å². The van der Waals surface area contributed by atoms with Crippen molar-refractivity contribution in [2.75, 3.05) is 4.90 Å². The Morgan fingerprint density at radius 2 is 1.80 bits per heavy atom. The molecule has 0 atom stereocenters. The van der Waals surface area contributed by atoms with Crippen molar-refractivity contribution in [1.82, 2.24) is 5.32 Å². The van der Waals surface area contributed by atoms with Gasteiger partial charge in [-0.05, 0) is 57.9 Å². The van der Waals surface area contributed by atoms with E-state index >= 15 is 0 Å². The molecule has 0 radical (unpaired) electrons. The Bertz CT molecular complexity index is 940. The van der Waals surface area contributed by atoms with Crippen LogP contribution in [-0.4, -0.2) is 23.0 Å². The highest BCUT2D eigenvalue weighted by Crippen LogP contribution is 2.27. The number of benzene rings is 2. The summed E-state index contributed by atoms with van der Waals surface area (Å²) >= 11 is 6.46. The van der Waals surface area contributed by atoms with Gasteiger partial charge in [-0.3, -0.25) is 14.9 Å².